The molecular weight excluding hydrogens is 253 g/mol. The molecule has 0 N–H and O–H groups in total. The Labute approximate surface area is 115 Å². The van der Waals surface area contributed by atoms with Crippen LogP contribution in [-0.2, 0) is 0 Å². The van der Waals surface area contributed by atoms with Crippen LogP contribution in [0.5, 0.6) is 0 Å². The zero-order valence-corrected chi connectivity index (χ0v) is 12.9. The van der Waals surface area contributed by atoms with E-state index in [1.54, 1.807) is 12.5 Å². The summed E-state index contributed by atoms with van der Waals surface area (Å²) < 4.78 is 0. The minimum atomic E-state index is 0.587. The fourth-order valence-electron chi connectivity index (χ4n) is 3.07. The molecule has 1 heterocycles. The molecule has 3 atom stereocenters. The van der Waals surface area contributed by atoms with Crippen molar-refractivity contribution in [2.75, 3.05) is 13.6 Å². The topological polar surface area (TPSA) is 3.24 Å². The van der Waals surface area contributed by atoms with Crippen LogP contribution in [0.25, 0.3) is 0 Å². The molecule has 1 saturated carbocycles. The van der Waals surface area contributed by atoms with Gasteiger partial charge in [0.25, 0.3) is 0 Å². The summed E-state index contributed by atoms with van der Waals surface area (Å²) in [6, 6.07) is 0.763. The Morgan fingerprint density at radius 2 is 1.94 bits per heavy atom. The van der Waals surface area contributed by atoms with Gasteiger partial charge in [-0.15, -0.1) is 0 Å². The van der Waals surface area contributed by atoms with Crippen molar-refractivity contribution in [2.24, 2.45) is 11.3 Å². The zero-order chi connectivity index (χ0) is 13.2. The Balaban J connectivity index is 0.000000249. The normalized spacial score (nSPS) is 37.4. The van der Waals surface area contributed by atoms with Crippen LogP contribution in [0.2, 0.25) is 0 Å². The third-order valence-electron chi connectivity index (χ3n) is 4.39. The standard InChI is InChI=1S/C11H19N.C3H4Cl2/c1-5-8(2)11-6-10(11)7-12(4)9(11)3;1-3(5)2-4/h5,9-10H,6-7H2,1-4H3;2H,1H3/b8-5+;3-2-/t9-,10?,11+;/m0./s1. The van der Waals surface area contributed by atoms with E-state index in [9.17, 15) is 0 Å². The first-order valence-electron chi connectivity index (χ1n) is 6.16. The highest BCUT2D eigenvalue weighted by Crippen LogP contribution is 2.65. The molecule has 1 aliphatic heterocycles. The number of likely N-dealkylation sites (tertiary alicyclic amines) is 1. The lowest BCUT2D eigenvalue weighted by Gasteiger charge is -2.26. The monoisotopic (exact) mass is 275 g/mol. The second-order valence-electron chi connectivity index (χ2n) is 5.22. The average Bonchev–Trinajstić information content (AvgIpc) is 2.97. The van der Waals surface area contributed by atoms with Gasteiger partial charge >= 0.3 is 0 Å². The van der Waals surface area contributed by atoms with Crippen molar-refractivity contribution in [3.8, 4) is 0 Å². The minimum absolute atomic E-state index is 0.587. The van der Waals surface area contributed by atoms with E-state index in [-0.39, 0.29) is 0 Å². The first kappa shape index (κ1) is 15.1. The molecular formula is C14H23Cl2N. The Morgan fingerprint density at radius 3 is 2.24 bits per heavy atom. The van der Waals surface area contributed by atoms with Gasteiger partial charge in [0, 0.05) is 28.6 Å². The summed E-state index contributed by atoms with van der Waals surface area (Å²) >= 11 is 10.2. The lowest BCUT2D eigenvalue weighted by Crippen LogP contribution is -2.31. The number of fused-ring (bicyclic) bond motifs is 1. The van der Waals surface area contributed by atoms with Gasteiger partial charge in [-0.2, -0.15) is 0 Å². The van der Waals surface area contributed by atoms with Crippen LogP contribution < -0.4 is 0 Å². The van der Waals surface area contributed by atoms with E-state index in [0.29, 0.717) is 10.4 Å². The van der Waals surface area contributed by atoms with Crippen molar-refractivity contribution in [1.82, 2.24) is 4.90 Å². The van der Waals surface area contributed by atoms with Gasteiger partial charge in [-0.1, -0.05) is 34.9 Å². The van der Waals surface area contributed by atoms with E-state index in [1.807, 2.05) is 0 Å². The lowest BCUT2D eigenvalue weighted by atomic mass is 9.89. The molecule has 0 aromatic carbocycles. The quantitative estimate of drug-likeness (QED) is 0.632. The predicted molar refractivity (Wildman–Crippen MR) is 77.5 cm³/mol. The number of hydrogen-bond donors (Lipinski definition) is 0. The fourth-order valence-corrected chi connectivity index (χ4v) is 3.07. The maximum atomic E-state index is 5.19. The number of allylic oxidation sites excluding steroid dienone is 2. The highest BCUT2D eigenvalue weighted by atomic mass is 35.5. The van der Waals surface area contributed by atoms with Gasteiger partial charge in [-0.05, 0) is 47.1 Å². The second-order valence-corrected chi connectivity index (χ2v) is 6.04. The van der Waals surface area contributed by atoms with Gasteiger partial charge in [-0.25, -0.2) is 0 Å². The van der Waals surface area contributed by atoms with E-state index < -0.39 is 0 Å². The summed E-state index contributed by atoms with van der Waals surface area (Å²) in [6.07, 6.45) is 3.74. The number of rotatable bonds is 1. The van der Waals surface area contributed by atoms with Crippen LogP contribution in [0.3, 0.4) is 0 Å². The predicted octanol–water partition coefficient (Wildman–Crippen LogP) is 4.62. The van der Waals surface area contributed by atoms with Gasteiger partial charge in [0.2, 0.25) is 0 Å². The van der Waals surface area contributed by atoms with Crippen molar-refractivity contribution >= 4 is 23.2 Å². The molecule has 0 aromatic rings. The summed E-state index contributed by atoms with van der Waals surface area (Å²) in [5.41, 5.74) is 3.52. The average molecular weight is 276 g/mol. The van der Waals surface area contributed by atoms with Crippen molar-refractivity contribution < 1.29 is 0 Å². The first-order valence-corrected chi connectivity index (χ1v) is 6.97. The summed E-state index contributed by atoms with van der Waals surface area (Å²) in [7, 11) is 2.25. The number of nitrogens with zero attached hydrogens (tertiary/aromatic N) is 1. The molecule has 0 aromatic heterocycles. The third kappa shape index (κ3) is 2.89. The Bertz CT molecular complexity index is 331. The van der Waals surface area contributed by atoms with Crippen LogP contribution in [-0.4, -0.2) is 24.5 Å². The summed E-state index contributed by atoms with van der Waals surface area (Å²) in [5.74, 6) is 0.966. The van der Waals surface area contributed by atoms with E-state index in [4.69, 9.17) is 23.2 Å². The molecule has 98 valence electrons. The largest absolute Gasteiger partial charge is 0.302 e. The molecule has 0 radical (unpaired) electrons. The van der Waals surface area contributed by atoms with Gasteiger partial charge in [0.05, 0.1) is 0 Å². The minimum Gasteiger partial charge on any atom is -0.302 e. The van der Waals surface area contributed by atoms with E-state index in [1.165, 1.54) is 18.5 Å². The highest BCUT2D eigenvalue weighted by molar-refractivity contribution is 6.36. The maximum absolute atomic E-state index is 5.19. The van der Waals surface area contributed by atoms with Gasteiger partial charge in [0.15, 0.2) is 0 Å². The van der Waals surface area contributed by atoms with Crippen LogP contribution in [0.15, 0.2) is 22.2 Å². The van der Waals surface area contributed by atoms with Crippen LogP contribution in [0.4, 0.5) is 0 Å². The molecule has 1 unspecified atom stereocenters. The molecule has 1 saturated heterocycles. The SMILES string of the molecule is C/C(Cl)=C/Cl.C/C=C(\C)[C@@]12CC1CN(C)[C@H]2C. The molecule has 17 heavy (non-hydrogen) atoms. The van der Waals surface area contributed by atoms with E-state index >= 15 is 0 Å². The molecule has 0 amide bonds. The Hall–Kier alpha value is 0.0200. The molecule has 0 bridgehead atoms. The van der Waals surface area contributed by atoms with Crippen molar-refractivity contribution in [2.45, 2.75) is 40.2 Å². The molecule has 2 rings (SSSR count). The molecule has 2 fully saturated rings. The van der Waals surface area contributed by atoms with Crippen molar-refractivity contribution in [3.63, 3.8) is 0 Å². The molecule has 1 nitrogen and oxygen atoms in total. The maximum Gasteiger partial charge on any atom is 0.0262 e. The van der Waals surface area contributed by atoms with Crippen LogP contribution >= 0.6 is 23.2 Å². The Morgan fingerprint density at radius 1 is 1.41 bits per heavy atom. The number of hydrogen-bond acceptors (Lipinski definition) is 1. The summed E-state index contributed by atoms with van der Waals surface area (Å²) in [5, 5.41) is 0.617. The van der Waals surface area contributed by atoms with Crippen molar-refractivity contribution in [3.05, 3.63) is 22.2 Å². The Kier molecular flexibility index (Phi) is 5.12. The summed E-state index contributed by atoms with van der Waals surface area (Å²) in [4.78, 5) is 2.50. The van der Waals surface area contributed by atoms with Crippen LogP contribution in [0, 0.1) is 11.3 Å². The smallest absolute Gasteiger partial charge is 0.0262 e. The van der Waals surface area contributed by atoms with Gasteiger partial charge in [-0.3, -0.25) is 0 Å². The summed E-state index contributed by atoms with van der Waals surface area (Å²) in [6.45, 7) is 9.88. The molecule has 2 aliphatic rings. The molecule has 0 spiro atoms. The van der Waals surface area contributed by atoms with Gasteiger partial charge < -0.3 is 4.90 Å². The first-order chi connectivity index (χ1) is 7.90. The second kappa shape index (κ2) is 5.77. The molecule has 3 heteroatoms. The van der Waals surface area contributed by atoms with E-state index in [0.717, 1.165) is 12.0 Å². The lowest BCUT2D eigenvalue weighted by molar-refractivity contribution is 0.257. The molecule has 1 aliphatic carbocycles. The highest BCUT2D eigenvalue weighted by Gasteiger charge is 2.63. The van der Waals surface area contributed by atoms with Gasteiger partial charge in [0.1, 0.15) is 0 Å². The third-order valence-corrected chi connectivity index (χ3v) is 4.93. The zero-order valence-electron chi connectivity index (χ0n) is 11.4. The van der Waals surface area contributed by atoms with Crippen LogP contribution in [0.1, 0.15) is 34.1 Å². The fraction of sp³-hybridized carbons (Fsp3) is 0.714. The number of halogens is 2. The van der Waals surface area contributed by atoms with Crippen molar-refractivity contribution in [1.29, 1.82) is 0 Å². The number of piperidine rings is 1. The van der Waals surface area contributed by atoms with E-state index in [2.05, 4.69) is 38.8 Å².